The lowest BCUT2D eigenvalue weighted by Gasteiger charge is -2.04. The second-order valence-electron chi connectivity index (χ2n) is 6.14. The van der Waals surface area contributed by atoms with E-state index in [9.17, 15) is 19.5 Å². The van der Waals surface area contributed by atoms with E-state index in [2.05, 4.69) is 36.2 Å². The summed E-state index contributed by atoms with van der Waals surface area (Å²) in [5, 5.41) is 20.9. The third-order valence-electron chi connectivity index (χ3n) is 4.18. The Morgan fingerprint density at radius 3 is 2.67 bits per heavy atom. The average Bonchev–Trinajstić information content (AvgIpc) is 3.01. The Hall–Kier alpha value is -3.53. The number of aromatic hydroxyl groups is 1. The number of nitrogens with zero attached hydrogens (tertiary/aromatic N) is 3. The summed E-state index contributed by atoms with van der Waals surface area (Å²) < 4.78 is 6.69. The molecule has 0 spiro atoms. The maximum Gasteiger partial charge on any atom is 0.325 e. The van der Waals surface area contributed by atoms with Crippen LogP contribution in [0.25, 0.3) is 10.9 Å². The molecule has 154 valence electrons. The van der Waals surface area contributed by atoms with Crippen LogP contribution in [0.2, 0.25) is 0 Å². The molecule has 9 nitrogen and oxygen atoms in total. The van der Waals surface area contributed by atoms with Crippen molar-refractivity contribution in [1.29, 1.82) is 0 Å². The molecule has 0 aliphatic heterocycles. The van der Waals surface area contributed by atoms with Gasteiger partial charge >= 0.3 is 5.97 Å². The quantitative estimate of drug-likeness (QED) is 0.420. The summed E-state index contributed by atoms with van der Waals surface area (Å²) in [5.74, 6) is -2.02. The summed E-state index contributed by atoms with van der Waals surface area (Å²) in [7, 11) is 1.24. The minimum Gasteiger partial charge on any atom is -0.493 e. The molecule has 10 heteroatoms. The number of amides is 2. The normalized spacial score (nSPS) is 11.0. The van der Waals surface area contributed by atoms with Crippen molar-refractivity contribution in [1.82, 2.24) is 9.88 Å². The van der Waals surface area contributed by atoms with Crippen LogP contribution < -0.4 is 5.32 Å². The molecule has 0 aliphatic carbocycles. The first-order chi connectivity index (χ1) is 14.4. The van der Waals surface area contributed by atoms with Crippen LogP contribution in [0.3, 0.4) is 0 Å². The van der Waals surface area contributed by atoms with Crippen molar-refractivity contribution in [3.8, 4) is 5.88 Å². The average molecular weight is 473 g/mol. The Bertz CT molecular complexity index is 1160. The number of carbonyl (C=O) groups is 3. The Labute approximate surface area is 179 Å². The fraction of sp³-hybridized carbons (Fsp3) is 0.150. The van der Waals surface area contributed by atoms with Crippen molar-refractivity contribution in [2.45, 2.75) is 6.54 Å². The van der Waals surface area contributed by atoms with Crippen LogP contribution in [-0.4, -0.2) is 41.1 Å². The molecule has 30 heavy (non-hydrogen) atoms. The zero-order valence-electron chi connectivity index (χ0n) is 15.8. The number of hydrogen-bond acceptors (Lipinski definition) is 6. The first-order valence-corrected chi connectivity index (χ1v) is 9.55. The van der Waals surface area contributed by atoms with Gasteiger partial charge in [0.2, 0.25) is 5.88 Å². The largest absolute Gasteiger partial charge is 0.493 e. The van der Waals surface area contributed by atoms with Gasteiger partial charge in [0.25, 0.3) is 11.8 Å². The number of halogens is 1. The molecule has 0 saturated carbocycles. The van der Waals surface area contributed by atoms with Crippen LogP contribution in [0.1, 0.15) is 10.4 Å². The molecule has 3 aromatic rings. The van der Waals surface area contributed by atoms with E-state index in [1.807, 2.05) is 0 Å². The van der Waals surface area contributed by atoms with Crippen LogP contribution >= 0.6 is 15.9 Å². The van der Waals surface area contributed by atoms with Crippen LogP contribution in [0.5, 0.6) is 5.88 Å². The summed E-state index contributed by atoms with van der Waals surface area (Å²) in [6.45, 7) is -0.592. The number of azo groups is 1. The summed E-state index contributed by atoms with van der Waals surface area (Å²) in [5.41, 5.74) is 0.962. The van der Waals surface area contributed by atoms with Crippen LogP contribution in [0.4, 0.5) is 5.69 Å². The second kappa shape index (κ2) is 9.31. The Morgan fingerprint density at radius 1 is 1.17 bits per heavy atom. The van der Waals surface area contributed by atoms with Gasteiger partial charge in [-0.1, -0.05) is 40.2 Å². The SMILES string of the molecule is COC(=O)Cn1c(O)c(N=NC(=O)CNC(=O)c2cccc(Br)c2)c2ccccc21. The fourth-order valence-electron chi connectivity index (χ4n) is 2.75. The summed E-state index contributed by atoms with van der Waals surface area (Å²) in [4.78, 5) is 35.8. The van der Waals surface area contributed by atoms with E-state index in [0.717, 1.165) is 4.47 Å². The van der Waals surface area contributed by atoms with Crippen molar-refractivity contribution < 1.29 is 24.2 Å². The number of methoxy groups -OCH3 is 1. The molecular weight excluding hydrogens is 456 g/mol. The fourth-order valence-corrected chi connectivity index (χ4v) is 3.15. The van der Waals surface area contributed by atoms with Crippen LogP contribution in [0.15, 0.2) is 63.2 Å². The lowest BCUT2D eigenvalue weighted by Crippen LogP contribution is -2.28. The van der Waals surface area contributed by atoms with Gasteiger partial charge in [0.05, 0.1) is 12.6 Å². The highest BCUT2D eigenvalue weighted by Gasteiger charge is 2.19. The molecular formula is C20H17BrN4O5. The van der Waals surface area contributed by atoms with Gasteiger partial charge in [-0.05, 0) is 24.3 Å². The Kier molecular flexibility index (Phi) is 6.58. The van der Waals surface area contributed by atoms with Crippen molar-refractivity contribution in [2.75, 3.05) is 13.7 Å². The third-order valence-corrected chi connectivity index (χ3v) is 4.67. The number of esters is 1. The smallest absolute Gasteiger partial charge is 0.325 e. The van der Waals surface area contributed by atoms with Gasteiger partial charge in [-0.15, -0.1) is 10.2 Å². The van der Waals surface area contributed by atoms with Crippen LogP contribution in [-0.2, 0) is 20.9 Å². The molecule has 0 atom stereocenters. The first kappa shape index (κ1) is 21.2. The Morgan fingerprint density at radius 2 is 1.93 bits per heavy atom. The molecule has 2 amide bonds. The van der Waals surface area contributed by atoms with E-state index in [1.54, 1.807) is 48.5 Å². The number of para-hydroxylation sites is 1. The van der Waals surface area contributed by atoms with E-state index in [1.165, 1.54) is 11.7 Å². The van der Waals surface area contributed by atoms with Crippen molar-refractivity contribution in [2.24, 2.45) is 10.2 Å². The first-order valence-electron chi connectivity index (χ1n) is 8.76. The van der Waals surface area contributed by atoms with Gasteiger partial charge in [0.15, 0.2) is 5.69 Å². The van der Waals surface area contributed by atoms with E-state index in [-0.39, 0.29) is 24.7 Å². The number of carbonyl (C=O) groups excluding carboxylic acids is 3. The van der Waals surface area contributed by atoms with Gasteiger partial charge in [0.1, 0.15) is 13.1 Å². The highest BCUT2D eigenvalue weighted by atomic mass is 79.9. The van der Waals surface area contributed by atoms with Gasteiger partial charge in [-0.3, -0.25) is 19.0 Å². The van der Waals surface area contributed by atoms with Gasteiger partial charge < -0.3 is 15.2 Å². The molecule has 0 fully saturated rings. The van der Waals surface area contributed by atoms with E-state index in [4.69, 9.17) is 0 Å². The van der Waals surface area contributed by atoms with Gasteiger partial charge in [-0.2, -0.15) is 0 Å². The maximum absolute atomic E-state index is 12.1. The highest BCUT2D eigenvalue weighted by Crippen LogP contribution is 2.38. The number of fused-ring (bicyclic) bond motifs is 1. The van der Waals surface area contributed by atoms with E-state index < -0.39 is 17.8 Å². The Balaban J connectivity index is 1.75. The molecule has 2 aromatic carbocycles. The van der Waals surface area contributed by atoms with Crippen molar-refractivity contribution in [3.05, 3.63) is 58.6 Å². The minimum atomic E-state index is -0.706. The molecule has 0 aliphatic rings. The molecule has 1 heterocycles. The summed E-state index contributed by atoms with van der Waals surface area (Å²) >= 11 is 3.27. The van der Waals surface area contributed by atoms with Gasteiger partial charge in [0, 0.05) is 15.4 Å². The predicted molar refractivity (Wildman–Crippen MR) is 112 cm³/mol. The molecule has 1 aromatic heterocycles. The zero-order chi connectivity index (χ0) is 21.7. The predicted octanol–water partition coefficient (Wildman–Crippen LogP) is 3.32. The molecule has 0 radical (unpaired) electrons. The number of ether oxygens (including phenoxy) is 1. The number of hydrogen-bond donors (Lipinski definition) is 2. The monoisotopic (exact) mass is 472 g/mol. The molecule has 0 saturated heterocycles. The van der Waals surface area contributed by atoms with Crippen LogP contribution in [0, 0.1) is 0 Å². The number of rotatable bonds is 6. The summed E-state index contributed by atoms with van der Waals surface area (Å²) in [6, 6.07) is 13.5. The van der Waals surface area contributed by atoms with Crippen molar-refractivity contribution >= 4 is 50.3 Å². The zero-order valence-corrected chi connectivity index (χ0v) is 17.4. The molecule has 0 bridgehead atoms. The summed E-state index contributed by atoms with van der Waals surface area (Å²) in [6.07, 6.45) is 0. The van der Waals surface area contributed by atoms with Crippen molar-refractivity contribution in [3.63, 3.8) is 0 Å². The second-order valence-corrected chi connectivity index (χ2v) is 7.05. The molecule has 3 rings (SSSR count). The van der Waals surface area contributed by atoms with Gasteiger partial charge in [-0.25, -0.2) is 0 Å². The molecule has 0 unspecified atom stereocenters. The number of benzene rings is 2. The highest BCUT2D eigenvalue weighted by molar-refractivity contribution is 9.10. The topological polar surface area (TPSA) is 122 Å². The van der Waals surface area contributed by atoms with E-state index in [0.29, 0.717) is 16.5 Å². The minimum absolute atomic E-state index is 0.0427. The number of aromatic nitrogens is 1. The lowest BCUT2D eigenvalue weighted by atomic mass is 10.2. The third kappa shape index (κ3) is 4.71. The van der Waals surface area contributed by atoms with E-state index >= 15 is 0 Å². The molecule has 2 N–H and O–H groups in total. The maximum atomic E-state index is 12.1. The lowest BCUT2D eigenvalue weighted by molar-refractivity contribution is -0.141. The number of nitrogens with one attached hydrogen (secondary N) is 1. The standard InChI is InChI=1S/C20H17BrN4O5/c1-30-17(27)11-25-15-8-3-2-7-14(15)18(20(25)29)24-23-16(26)10-22-19(28)12-5-4-6-13(21)9-12/h2-9,29H,10-11H2,1H3,(H,22,28).